The van der Waals surface area contributed by atoms with Gasteiger partial charge in [0.05, 0.1) is 0 Å². The maximum Gasteiger partial charge on any atom is 0.0423 e. The van der Waals surface area contributed by atoms with Crippen LogP contribution in [0.2, 0.25) is 0 Å². The van der Waals surface area contributed by atoms with Gasteiger partial charge in [0, 0.05) is 17.8 Å². The fraction of sp³-hybridized carbons (Fsp3) is 0.455. The number of hydrogen-bond donors (Lipinski definition) is 2. The second-order valence-electron chi connectivity index (χ2n) is 3.92. The maximum atomic E-state index is 5.89. The summed E-state index contributed by atoms with van der Waals surface area (Å²) in [6.07, 6.45) is 1.12. The van der Waals surface area contributed by atoms with Crippen molar-refractivity contribution >= 4 is 5.69 Å². The quantitative estimate of drug-likeness (QED) is 0.687. The molecule has 2 rings (SSSR count). The molecule has 1 heterocycles. The van der Waals surface area contributed by atoms with Crippen LogP contribution in [0.15, 0.2) is 18.2 Å². The summed E-state index contributed by atoms with van der Waals surface area (Å²) in [7, 11) is 0. The third-order valence-electron chi connectivity index (χ3n) is 2.59. The Morgan fingerprint density at radius 1 is 1.54 bits per heavy atom. The first-order chi connectivity index (χ1) is 6.18. The van der Waals surface area contributed by atoms with Crippen LogP contribution in [0, 0.1) is 0 Å². The smallest absolute Gasteiger partial charge is 0.0423 e. The predicted octanol–water partition coefficient (Wildman–Crippen LogP) is 2.06. The van der Waals surface area contributed by atoms with E-state index in [0.29, 0.717) is 6.04 Å². The van der Waals surface area contributed by atoms with Crippen LogP contribution in [0.3, 0.4) is 0 Å². The highest BCUT2D eigenvalue weighted by atomic mass is 14.9. The molecule has 0 saturated carbocycles. The molecule has 0 aliphatic carbocycles. The minimum atomic E-state index is 0.118. The van der Waals surface area contributed by atoms with Crippen LogP contribution in [0.4, 0.5) is 5.69 Å². The zero-order valence-electron chi connectivity index (χ0n) is 8.17. The summed E-state index contributed by atoms with van der Waals surface area (Å²) >= 11 is 0. The van der Waals surface area contributed by atoms with Gasteiger partial charge in [0.2, 0.25) is 0 Å². The van der Waals surface area contributed by atoms with E-state index < -0.39 is 0 Å². The molecule has 2 unspecified atom stereocenters. The second-order valence-corrected chi connectivity index (χ2v) is 3.92. The highest BCUT2D eigenvalue weighted by Crippen LogP contribution is 2.31. The Kier molecular flexibility index (Phi) is 2.00. The number of hydrogen-bond acceptors (Lipinski definition) is 2. The molecule has 0 aromatic heterocycles. The van der Waals surface area contributed by atoms with Crippen LogP contribution in [0.25, 0.3) is 0 Å². The molecule has 2 heteroatoms. The first kappa shape index (κ1) is 8.57. The Bertz CT molecular complexity index is 318. The van der Waals surface area contributed by atoms with Gasteiger partial charge in [0.1, 0.15) is 0 Å². The van der Waals surface area contributed by atoms with Crippen molar-refractivity contribution in [2.45, 2.75) is 32.4 Å². The number of anilines is 1. The fourth-order valence-corrected chi connectivity index (χ4v) is 1.97. The number of benzene rings is 1. The highest BCUT2D eigenvalue weighted by molar-refractivity contribution is 5.62. The summed E-state index contributed by atoms with van der Waals surface area (Å²) in [5, 5.41) is 3.47. The average molecular weight is 176 g/mol. The van der Waals surface area contributed by atoms with Gasteiger partial charge in [-0.3, -0.25) is 0 Å². The number of nitrogens with one attached hydrogen (secondary N) is 1. The number of nitrogens with two attached hydrogens (primary N) is 1. The summed E-state index contributed by atoms with van der Waals surface area (Å²) in [5.41, 5.74) is 9.80. The summed E-state index contributed by atoms with van der Waals surface area (Å²) in [6, 6.07) is 7.05. The molecule has 2 nitrogen and oxygen atoms in total. The Morgan fingerprint density at radius 2 is 2.31 bits per heavy atom. The van der Waals surface area contributed by atoms with Crippen LogP contribution in [0.1, 0.15) is 31.0 Å². The molecule has 1 aromatic rings. The van der Waals surface area contributed by atoms with E-state index >= 15 is 0 Å². The fourth-order valence-electron chi connectivity index (χ4n) is 1.97. The van der Waals surface area contributed by atoms with Gasteiger partial charge in [-0.15, -0.1) is 0 Å². The number of fused-ring (bicyclic) bond motifs is 1. The largest absolute Gasteiger partial charge is 0.382 e. The lowest BCUT2D eigenvalue weighted by Crippen LogP contribution is -2.12. The zero-order valence-corrected chi connectivity index (χ0v) is 8.17. The van der Waals surface area contributed by atoms with Crippen LogP contribution in [0.5, 0.6) is 0 Å². The van der Waals surface area contributed by atoms with E-state index in [1.165, 1.54) is 16.8 Å². The van der Waals surface area contributed by atoms with Crippen LogP contribution in [-0.4, -0.2) is 6.04 Å². The van der Waals surface area contributed by atoms with E-state index in [1.54, 1.807) is 0 Å². The summed E-state index contributed by atoms with van der Waals surface area (Å²) in [4.78, 5) is 0. The van der Waals surface area contributed by atoms with Crippen molar-refractivity contribution in [2.75, 3.05) is 5.32 Å². The average Bonchev–Trinajstić information content (AvgIpc) is 2.43. The molecular formula is C11H16N2. The highest BCUT2D eigenvalue weighted by Gasteiger charge is 2.20. The monoisotopic (exact) mass is 176 g/mol. The molecule has 0 amide bonds. The van der Waals surface area contributed by atoms with E-state index in [1.807, 2.05) is 6.92 Å². The molecule has 0 fully saturated rings. The van der Waals surface area contributed by atoms with Crippen molar-refractivity contribution in [2.24, 2.45) is 5.73 Å². The van der Waals surface area contributed by atoms with Gasteiger partial charge in [-0.1, -0.05) is 18.2 Å². The van der Waals surface area contributed by atoms with Gasteiger partial charge in [0.25, 0.3) is 0 Å². The van der Waals surface area contributed by atoms with E-state index in [9.17, 15) is 0 Å². The lowest BCUT2D eigenvalue weighted by molar-refractivity contribution is 0.815. The van der Waals surface area contributed by atoms with Gasteiger partial charge in [-0.2, -0.15) is 0 Å². The molecule has 0 spiro atoms. The molecule has 70 valence electrons. The molecule has 3 N–H and O–H groups in total. The molecule has 1 aromatic carbocycles. The summed E-state index contributed by atoms with van der Waals surface area (Å²) in [6.45, 7) is 4.23. The zero-order chi connectivity index (χ0) is 9.42. The van der Waals surface area contributed by atoms with Gasteiger partial charge in [-0.05, 0) is 31.4 Å². The van der Waals surface area contributed by atoms with E-state index in [0.717, 1.165) is 6.42 Å². The number of para-hydroxylation sites is 1. The van der Waals surface area contributed by atoms with Crippen molar-refractivity contribution in [3.63, 3.8) is 0 Å². The standard InChI is InChI=1S/C11H16N2/c1-7-6-9-4-3-5-10(8(2)12)11(9)13-7/h3-5,7-8,13H,6,12H2,1-2H3. The summed E-state index contributed by atoms with van der Waals surface area (Å²) < 4.78 is 0. The molecule has 0 radical (unpaired) electrons. The first-order valence-electron chi connectivity index (χ1n) is 4.82. The Labute approximate surface area is 79.1 Å². The Hall–Kier alpha value is -1.02. The molecular weight excluding hydrogens is 160 g/mol. The molecule has 2 atom stereocenters. The van der Waals surface area contributed by atoms with Crippen molar-refractivity contribution in [1.29, 1.82) is 0 Å². The molecule has 1 aliphatic rings. The summed E-state index contributed by atoms with van der Waals surface area (Å²) in [5.74, 6) is 0. The third kappa shape index (κ3) is 1.42. The van der Waals surface area contributed by atoms with Gasteiger partial charge < -0.3 is 11.1 Å². The lowest BCUT2D eigenvalue weighted by Gasteiger charge is -2.12. The Balaban J connectivity index is 2.45. The lowest BCUT2D eigenvalue weighted by atomic mass is 10.0. The first-order valence-corrected chi connectivity index (χ1v) is 4.82. The molecule has 1 aliphatic heterocycles. The van der Waals surface area contributed by atoms with Crippen molar-refractivity contribution < 1.29 is 0 Å². The molecule has 0 bridgehead atoms. The SMILES string of the molecule is CC1Cc2cccc(C(C)N)c2N1. The second kappa shape index (κ2) is 3.04. The van der Waals surface area contributed by atoms with E-state index in [-0.39, 0.29) is 6.04 Å². The normalized spacial score (nSPS) is 22.2. The molecule has 13 heavy (non-hydrogen) atoms. The van der Waals surface area contributed by atoms with Crippen molar-refractivity contribution in [1.82, 2.24) is 0 Å². The van der Waals surface area contributed by atoms with Crippen molar-refractivity contribution in [3.8, 4) is 0 Å². The number of rotatable bonds is 1. The van der Waals surface area contributed by atoms with Crippen LogP contribution >= 0.6 is 0 Å². The van der Waals surface area contributed by atoms with E-state index in [4.69, 9.17) is 5.73 Å². The molecule has 0 saturated heterocycles. The van der Waals surface area contributed by atoms with Gasteiger partial charge in [-0.25, -0.2) is 0 Å². The maximum absolute atomic E-state index is 5.89. The van der Waals surface area contributed by atoms with Gasteiger partial charge >= 0.3 is 0 Å². The van der Waals surface area contributed by atoms with Crippen LogP contribution in [-0.2, 0) is 6.42 Å². The topological polar surface area (TPSA) is 38.0 Å². The minimum Gasteiger partial charge on any atom is -0.382 e. The van der Waals surface area contributed by atoms with Crippen LogP contribution < -0.4 is 11.1 Å². The van der Waals surface area contributed by atoms with Gasteiger partial charge in [0.15, 0.2) is 0 Å². The predicted molar refractivity (Wildman–Crippen MR) is 55.8 cm³/mol. The Morgan fingerprint density at radius 3 is 3.00 bits per heavy atom. The van der Waals surface area contributed by atoms with E-state index in [2.05, 4.69) is 30.4 Å². The van der Waals surface area contributed by atoms with Crippen molar-refractivity contribution in [3.05, 3.63) is 29.3 Å². The third-order valence-corrected chi connectivity index (χ3v) is 2.59. The minimum absolute atomic E-state index is 0.118.